The fourth-order valence-electron chi connectivity index (χ4n) is 1.72. The zero-order chi connectivity index (χ0) is 13.8. The summed E-state index contributed by atoms with van der Waals surface area (Å²) in [6, 6.07) is 8.33. The SMILES string of the molecule is CCN(C(=O)c1ccccn1)c1ccc(F)c(F)c1. The quantitative estimate of drug-likeness (QED) is 0.851. The number of hydrogen-bond donors (Lipinski definition) is 0. The number of nitrogens with zero attached hydrogens (tertiary/aromatic N) is 2. The molecule has 0 spiro atoms. The molecule has 3 nitrogen and oxygen atoms in total. The second-order valence-corrected chi connectivity index (χ2v) is 3.86. The molecule has 0 unspecified atom stereocenters. The molecule has 0 bridgehead atoms. The van der Waals surface area contributed by atoms with Gasteiger partial charge in [-0.15, -0.1) is 0 Å². The summed E-state index contributed by atoms with van der Waals surface area (Å²) in [5.41, 5.74) is 0.561. The van der Waals surface area contributed by atoms with Gasteiger partial charge in [-0.1, -0.05) is 6.07 Å². The molecule has 0 N–H and O–H groups in total. The molecule has 0 saturated heterocycles. The fraction of sp³-hybridized carbons (Fsp3) is 0.143. The Morgan fingerprint density at radius 3 is 2.58 bits per heavy atom. The van der Waals surface area contributed by atoms with E-state index in [1.165, 1.54) is 17.2 Å². The Morgan fingerprint density at radius 1 is 1.21 bits per heavy atom. The van der Waals surface area contributed by atoms with E-state index in [9.17, 15) is 13.6 Å². The van der Waals surface area contributed by atoms with Gasteiger partial charge in [0.15, 0.2) is 11.6 Å². The van der Waals surface area contributed by atoms with Gasteiger partial charge in [0, 0.05) is 24.5 Å². The van der Waals surface area contributed by atoms with Gasteiger partial charge in [0.25, 0.3) is 5.91 Å². The maximum absolute atomic E-state index is 13.2. The van der Waals surface area contributed by atoms with Crippen LogP contribution in [0, 0.1) is 11.6 Å². The molecule has 0 aliphatic heterocycles. The van der Waals surface area contributed by atoms with Gasteiger partial charge in [0.05, 0.1) is 0 Å². The van der Waals surface area contributed by atoms with Crippen LogP contribution in [0.4, 0.5) is 14.5 Å². The summed E-state index contributed by atoms with van der Waals surface area (Å²) in [7, 11) is 0. The Bertz CT molecular complexity index is 587. The number of anilines is 1. The van der Waals surface area contributed by atoms with Crippen molar-refractivity contribution in [3.63, 3.8) is 0 Å². The second kappa shape index (κ2) is 5.56. The van der Waals surface area contributed by atoms with E-state index in [2.05, 4.69) is 4.98 Å². The van der Waals surface area contributed by atoms with Gasteiger partial charge in [-0.05, 0) is 31.2 Å². The average Bonchev–Trinajstić information content (AvgIpc) is 2.44. The minimum Gasteiger partial charge on any atom is -0.307 e. The van der Waals surface area contributed by atoms with Crippen molar-refractivity contribution in [3.05, 3.63) is 59.9 Å². The van der Waals surface area contributed by atoms with Crippen molar-refractivity contribution >= 4 is 11.6 Å². The highest BCUT2D eigenvalue weighted by Gasteiger charge is 2.18. The molecule has 0 aliphatic carbocycles. The number of carbonyl (C=O) groups is 1. The molecule has 0 aliphatic rings. The molecular weight excluding hydrogens is 250 g/mol. The van der Waals surface area contributed by atoms with Crippen LogP contribution >= 0.6 is 0 Å². The Labute approximate surface area is 109 Å². The summed E-state index contributed by atoms with van der Waals surface area (Å²) < 4.78 is 26.1. The van der Waals surface area contributed by atoms with Crippen LogP contribution in [0.15, 0.2) is 42.6 Å². The summed E-state index contributed by atoms with van der Waals surface area (Å²) in [4.78, 5) is 17.5. The van der Waals surface area contributed by atoms with Crippen molar-refractivity contribution in [1.29, 1.82) is 0 Å². The standard InChI is InChI=1S/C14H12F2N2O/c1-2-18(10-6-7-11(15)12(16)9-10)14(19)13-5-3-4-8-17-13/h3-9H,2H2,1H3. The highest BCUT2D eigenvalue weighted by atomic mass is 19.2. The van der Waals surface area contributed by atoms with Gasteiger partial charge in [-0.3, -0.25) is 9.78 Å². The molecule has 0 radical (unpaired) electrons. The third kappa shape index (κ3) is 2.76. The van der Waals surface area contributed by atoms with Gasteiger partial charge < -0.3 is 4.90 Å². The van der Waals surface area contributed by atoms with Gasteiger partial charge in [-0.2, -0.15) is 0 Å². The van der Waals surface area contributed by atoms with Crippen molar-refractivity contribution in [3.8, 4) is 0 Å². The Morgan fingerprint density at radius 2 is 2.00 bits per heavy atom. The van der Waals surface area contributed by atoms with E-state index in [1.807, 2.05) is 0 Å². The van der Waals surface area contributed by atoms with Crippen molar-refractivity contribution in [1.82, 2.24) is 4.98 Å². The van der Waals surface area contributed by atoms with Gasteiger partial charge >= 0.3 is 0 Å². The van der Waals surface area contributed by atoms with Crippen LogP contribution in [0.1, 0.15) is 17.4 Å². The predicted molar refractivity (Wildman–Crippen MR) is 67.9 cm³/mol. The van der Waals surface area contributed by atoms with E-state index in [0.717, 1.165) is 12.1 Å². The Hall–Kier alpha value is -2.30. The lowest BCUT2D eigenvalue weighted by Gasteiger charge is -2.20. The summed E-state index contributed by atoms with van der Waals surface area (Å²) >= 11 is 0. The van der Waals surface area contributed by atoms with Crippen LogP contribution < -0.4 is 4.90 Å². The van der Waals surface area contributed by atoms with Crippen LogP contribution in [0.25, 0.3) is 0 Å². The van der Waals surface area contributed by atoms with Crippen molar-refractivity contribution in [2.24, 2.45) is 0 Å². The lowest BCUT2D eigenvalue weighted by atomic mass is 10.2. The van der Waals surface area contributed by atoms with Crippen LogP contribution in [0.3, 0.4) is 0 Å². The summed E-state index contributed by atoms with van der Waals surface area (Å²) in [6.07, 6.45) is 1.51. The molecule has 5 heteroatoms. The third-order valence-electron chi connectivity index (χ3n) is 2.66. The number of amides is 1. The first-order chi connectivity index (χ1) is 9.13. The summed E-state index contributed by atoms with van der Waals surface area (Å²) in [6.45, 7) is 2.09. The molecule has 2 rings (SSSR count). The zero-order valence-electron chi connectivity index (χ0n) is 10.3. The minimum absolute atomic E-state index is 0.258. The van der Waals surface area contributed by atoms with Crippen LogP contribution in [-0.4, -0.2) is 17.4 Å². The summed E-state index contributed by atoms with van der Waals surface area (Å²) in [5, 5.41) is 0. The molecular formula is C14H12F2N2O. The minimum atomic E-state index is -0.982. The fourth-order valence-corrected chi connectivity index (χ4v) is 1.72. The van der Waals surface area contributed by atoms with E-state index in [1.54, 1.807) is 25.1 Å². The first kappa shape index (κ1) is 13.1. The second-order valence-electron chi connectivity index (χ2n) is 3.86. The molecule has 1 aromatic heterocycles. The molecule has 2 aromatic rings. The van der Waals surface area contributed by atoms with Crippen LogP contribution in [-0.2, 0) is 0 Å². The maximum atomic E-state index is 13.2. The van der Waals surface area contributed by atoms with E-state index in [0.29, 0.717) is 12.2 Å². The monoisotopic (exact) mass is 262 g/mol. The number of hydrogen-bond acceptors (Lipinski definition) is 2. The van der Waals surface area contributed by atoms with Crippen molar-refractivity contribution < 1.29 is 13.6 Å². The summed E-state index contributed by atoms with van der Waals surface area (Å²) in [5.74, 6) is -2.27. The molecule has 0 atom stereocenters. The molecule has 1 aromatic carbocycles. The van der Waals surface area contributed by atoms with Crippen LogP contribution in [0.2, 0.25) is 0 Å². The van der Waals surface area contributed by atoms with Gasteiger partial charge in [-0.25, -0.2) is 8.78 Å². The van der Waals surface area contributed by atoms with Gasteiger partial charge in [0.2, 0.25) is 0 Å². The molecule has 0 saturated carbocycles. The van der Waals surface area contributed by atoms with E-state index >= 15 is 0 Å². The van der Waals surface area contributed by atoms with Crippen LogP contribution in [0.5, 0.6) is 0 Å². The first-order valence-electron chi connectivity index (χ1n) is 5.81. The topological polar surface area (TPSA) is 33.2 Å². The largest absolute Gasteiger partial charge is 0.307 e. The number of carbonyl (C=O) groups excluding carboxylic acids is 1. The molecule has 1 amide bonds. The Balaban J connectivity index is 2.34. The van der Waals surface area contributed by atoms with E-state index in [4.69, 9.17) is 0 Å². The smallest absolute Gasteiger partial charge is 0.276 e. The molecule has 98 valence electrons. The van der Waals surface area contributed by atoms with Gasteiger partial charge in [0.1, 0.15) is 5.69 Å². The highest BCUT2D eigenvalue weighted by molar-refractivity contribution is 6.04. The van der Waals surface area contributed by atoms with Crippen molar-refractivity contribution in [2.75, 3.05) is 11.4 Å². The molecule has 19 heavy (non-hydrogen) atoms. The Kier molecular flexibility index (Phi) is 3.85. The molecule has 1 heterocycles. The number of halogens is 2. The number of aromatic nitrogens is 1. The maximum Gasteiger partial charge on any atom is 0.276 e. The normalized spacial score (nSPS) is 10.3. The highest BCUT2D eigenvalue weighted by Crippen LogP contribution is 2.19. The zero-order valence-corrected chi connectivity index (χ0v) is 10.3. The molecule has 0 fully saturated rings. The van der Waals surface area contributed by atoms with E-state index in [-0.39, 0.29) is 11.6 Å². The lowest BCUT2D eigenvalue weighted by molar-refractivity contribution is 0.0983. The van der Waals surface area contributed by atoms with E-state index < -0.39 is 11.6 Å². The third-order valence-corrected chi connectivity index (χ3v) is 2.66. The first-order valence-corrected chi connectivity index (χ1v) is 5.81. The predicted octanol–water partition coefficient (Wildman–Crippen LogP) is 3.03. The lowest BCUT2D eigenvalue weighted by Crippen LogP contribution is -2.31. The number of rotatable bonds is 3. The number of pyridine rings is 1. The average molecular weight is 262 g/mol. The number of benzene rings is 1. The van der Waals surface area contributed by atoms with Crippen molar-refractivity contribution in [2.45, 2.75) is 6.92 Å².